The fraction of sp³-hybridized carbons (Fsp3) is 1.00. The normalized spacial score (nSPS) is 41.8. The van der Waals surface area contributed by atoms with Gasteiger partial charge in [-0.3, -0.25) is 0 Å². The summed E-state index contributed by atoms with van der Waals surface area (Å²) in [6.45, 7) is 0.118. The number of aliphatic hydroxyl groups is 3. The average molecular weight is 223 g/mol. The van der Waals surface area contributed by atoms with Crippen LogP contribution in [0.1, 0.15) is 6.42 Å². The standard InChI is InChI=1S/C9H18FNO4/c1-11-3-2-5-8(13)7(10)9(14)6(4-12)15-5/h5-9,11-14H,2-4H2,1H3. The molecule has 0 aromatic heterocycles. The summed E-state index contributed by atoms with van der Waals surface area (Å²) >= 11 is 0. The largest absolute Gasteiger partial charge is 0.394 e. The zero-order chi connectivity index (χ0) is 11.4. The summed E-state index contributed by atoms with van der Waals surface area (Å²) in [5.41, 5.74) is 0. The van der Waals surface area contributed by atoms with Crippen LogP contribution in [0.3, 0.4) is 0 Å². The third-order valence-corrected chi connectivity index (χ3v) is 2.62. The molecule has 1 aliphatic heterocycles. The molecule has 0 radical (unpaired) electrons. The SMILES string of the molecule is CNCCC1OC(CO)C(O)C(F)C1O. The molecule has 5 nitrogen and oxygen atoms in total. The molecule has 1 fully saturated rings. The number of aliphatic hydroxyl groups excluding tert-OH is 3. The summed E-state index contributed by atoms with van der Waals surface area (Å²) < 4.78 is 18.6. The van der Waals surface area contributed by atoms with E-state index >= 15 is 0 Å². The van der Waals surface area contributed by atoms with Crippen molar-refractivity contribution in [3.63, 3.8) is 0 Å². The van der Waals surface area contributed by atoms with Crippen LogP contribution in [0.15, 0.2) is 0 Å². The third-order valence-electron chi connectivity index (χ3n) is 2.62. The van der Waals surface area contributed by atoms with Gasteiger partial charge in [-0.1, -0.05) is 0 Å². The smallest absolute Gasteiger partial charge is 0.157 e. The van der Waals surface area contributed by atoms with E-state index in [1.807, 2.05) is 0 Å². The molecule has 1 heterocycles. The first-order valence-corrected chi connectivity index (χ1v) is 5.03. The van der Waals surface area contributed by atoms with Crippen LogP contribution in [0.25, 0.3) is 0 Å². The summed E-state index contributed by atoms with van der Waals surface area (Å²) in [6, 6.07) is 0. The van der Waals surface area contributed by atoms with Crippen molar-refractivity contribution in [3.05, 3.63) is 0 Å². The minimum atomic E-state index is -1.77. The monoisotopic (exact) mass is 223 g/mol. The Bertz CT molecular complexity index is 193. The molecule has 1 saturated heterocycles. The molecule has 1 aliphatic rings. The van der Waals surface area contributed by atoms with Gasteiger partial charge >= 0.3 is 0 Å². The number of ether oxygens (including phenoxy) is 1. The molecule has 4 N–H and O–H groups in total. The zero-order valence-electron chi connectivity index (χ0n) is 8.64. The fourth-order valence-corrected chi connectivity index (χ4v) is 1.67. The highest BCUT2D eigenvalue weighted by molar-refractivity contribution is 4.92. The highest BCUT2D eigenvalue weighted by Crippen LogP contribution is 2.24. The predicted molar refractivity (Wildman–Crippen MR) is 51.2 cm³/mol. The van der Waals surface area contributed by atoms with Crippen molar-refractivity contribution in [3.8, 4) is 0 Å². The van der Waals surface area contributed by atoms with Crippen LogP contribution < -0.4 is 5.32 Å². The Hall–Kier alpha value is -0.270. The van der Waals surface area contributed by atoms with Crippen molar-refractivity contribution in [2.24, 2.45) is 0 Å². The molecule has 90 valence electrons. The quantitative estimate of drug-likeness (QED) is 0.462. The van der Waals surface area contributed by atoms with Gasteiger partial charge in [0, 0.05) is 0 Å². The van der Waals surface area contributed by atoms with Gasteiger partial charge in [0.15, 0.2) is 6.17 Å². The zero-order valence-corrected chi connectivity index (χ0v) is 8.64. The molecule has 0 spiro atoms. The van der Waals surface area contributed by atoms with E-state index in [9.17, 15) is 14.6 Å². The van der Waals surface area contributed by atoms with Crippen LogP contribution in [0, 0.1) is 0 Å². The molecule has 0 aliphatic carbocycles. The van der Waals surface area contributed by atoms with E-state index in [4.69, 9.17) is 9.84 Å². The maximum atomic E-state index is 13.4. The predicted octanol–water partition coefficient (Wildman–Crippen LogP) is -1.58. The molecule has 5 unspecified atom stereocenters. The number of halogens is 1. The fourth-order valence-electron chi connectivity index (χ4n) is 1.67. The van der Waals surface area contributed by atoms with Gasteiger partial charge in [-0.25, -0.2) is 4.39 Å². The van der Waals surface area contributed by atoms with Crippen molar-refractivity contribution in [1.29, 1.82) is 0 Å². The molecular weight excluding hydrogens is 205 g/mol. The van der Waals surface area contributed by atoms with E-state index in [-0.39, 0.29) is 0 Å². The molecule has 0 aromatic rings. The van der Waals surface area contributed by atoms with Crippen molar-refractivity contribution < 1.29 is 24.4 Å². The maximum Gasteiger partial charge on any atom is 0.157 e. The lowest BCUT2D eigenvalue weighted by atomic mass is 9.95. The van der Waals surface area contributed by atoms with Gasteiger partial charge in [-0.05, 0) is 20.0 Å². The molecule has 1 rings (SSSR count). The molecule has 15 heavy (non-hydrogen) atoms. The van der Waals surface area contributed by atoms with Crippen LogP contribution >= 0.6 is 0 Å². The van der Waals surface area contributed by atoms with Gasteiger partial charge in [-0.15, -0.1) is 0 Å². The molecule has 0 aromatic carbocycles. The molecule has 6 heteroatoms. The minimum absolute atomic E-state index is 0.432. The summed E-state index contributed by atoms with van der Waals surface area (Å²) in [7, 11) is 1.74. The summed E-state index contributed by atoms with van der Waals surface area (Å²) in [6.07, 6.45) is -5.77. The Morgan fingerprint density at radius 2 is 1.87 bits per heavy atom. The van der Waals surface area contributed by atoms with Crippen molar-refractivity contribution in [2.75, 3.05) is 20.2 Å². The Morgan fingerprint density at radius 3 is 2.40 bits per heavy atom. The van der Waals surface area contributed by atoms with E-state index in [0.29, 0.717) is 13.0 Å². The van der Waals surface area contributed by atoms with E-state index in [1.165, 1.54) is 0 Å². The summed E-state index contributed by atoms with van der Waals surface area (Å²) in [5.74, 6) is 0. The number of hydrogen-bond donors (Lipinski definition) is 4. The first-order valence-electron chi connectivity index (χ1n) is 5.03. The molecule has 5 atom stereocenters. The van der Waals surface area contributed by atoms with E-state index in [1.54, 1.807) is 7.05 Å². The number of hydrogen-bond acceptors (Lipinski definition) is 5. The molecule has 0 saturated carbocycles. The van der Waals surface area contributed by atoms with E-state index < -0.39 is 37.2 Å². The van der Waals surface area contributed by atoms with Gasteiger partial charge in [0.05, 0.1) is 12.7 Å². The van der Waals surface area contributed by atoms with E-state index in [0.717, 1.165) is 0 Å². The highest BCUT2D eigenvalue weighted by Gasteiger charge is 2.44. The summed E-state index contributed by atoms with van der Waals surface area (Å²) in [4.78, 5) is 0. The number of rotatable bonds is 4. The Balaban J connectivity index is 2.57. The van der Waals surface area contributed by atoms with Crippen molar-refractivity contribution >= 4 is 0 Å². The lowest BCUT2D eigenvalue weighted by molar-refractivity contribution is -0.212. The van der Waals surface area contributed by atoms with E-state index in [2.05, 4.69) is 5.32 Å². The van der Waals surface area contributed by atoms with Gasteiger partial charge in [0.1, 0.15) is 18.3 Å². The van der Waals surface area contributed by atoms with Gasteiger partial charge in [-0.2, -0.15) is 0 Å². The van der Waals surface area contributed by atoms with Crippen LogP contribution in [0.5, 0.6) is 0 Å². The van der Waals surface area contributed by atoms with Gasteiger partial charge in [0.25, 0.3) is 0 Å². The third kappa shape index (κ3) is 2.85. The highest BCUT2D eigenvalue weighted by atomic mass is 19.1. The number of alkyl halides is 1. The maximum absolute atomic E-state index is 13.4. The van der Waals surface area contributed by atoms with Crippen LogP contribution in [-0.2, 0) is 4.74 Å². The van der Waals surface area contributed by atoms with Crippen molar-refractivity contribution in [1.82, 2.24) is 5.32 Å². The summed E-state index contributed by atoms with van der Waals surface area (Å²) in [5, 5.41) is 30.5. The van der Waals surface area contributed by atoms with Crippen LogP contribution in [0.4, 0.5) is 4.39 Å². The molecular formula is C9H18FNO4. The second-order valence-corrected chi connectivity index (χ2v) is 3.71. The van der Waals surface area contributed by atoms with Gasteiger partial charge in [0.2, 0.25) is 0 Å². The minimum Gasteiger partial charge on any atom is -0.394 e. The lowest BCUT2D eigenvalue weighted by Crippen LogP contribution is -2.57. The van der Waals surface area contributed by atoms with Crippen LogP contribution in [-0.4, -0.2) is 66.1 Å². The first kappa shape index (κ1) is 12.8. The first-order chi connectivity index (χ1) is 7.11. The van der Waals surface area contributed by atoms with Gasteiger partial charge < -0.3 is 25.4 Å². The molecule has 0 bridgehead atoms. The van der Waals surface area contributed by atoms with Crippen LogP contribution in [0.2, 0.25) is 0 Å². The molecule has 0 amide bonds. The Labute approximate surface area is 87.9 Å². The number of nitrogens with one attached hydrogen (secondary N) is 1. The average Bonchev–Trinajstić information content (AvgIpc) is 2.25. The second kappa shape index (κ2) is 5.72. The topological polar surface area (TPSA) is 82.0 Å². The van der Waals surface area contributed by atoms with Crippen molar-refractivity contribution in [2.45, 2.75) is 37.0 Å². The Kier molecular flexibility index (Phi) is 4.88. The second-order valence-electron chi connectivity index (χ2n) is 3.71. The Morgan fingerprint density at radius 1 is 1.27 bits per heavy atom. The lowest BCUT2D eigenvalue weighted by Gasteiger charge is -2.39.